The molecule has 2 heteroatoms. The Balaban J connectivity index is 1.85. The second-order valence-electron chi connectivity index (χ2n) is 6.06. The molecule has 112 valence electrons. The predicted molar refractivity (Wildman–Crippen MR) is 85.0 cm³/mol. The van der Waals surface area contributed by atoms with E-state index in [1.807, 2.05) is 0 Å². The lowest BCUT2D eigenvalue weighted by molar-refractivity contribution is 0.0372. The normalized spacial score (nSPS) is 16.9. The summed E-state index contributed by atoms with van der Waals surface area (Å²) in [5, 5.41) is 3.49. The summed E-state index contributed by atoms with van der Waals surface area (Å²) >= 11 is 0. The van der Waals surface area contributed by atoms with Crippen molar-refractivity contribution in [3.63, 3.8) is 0 Å². The van der Waals surface area contributed by atoms with E-state index in [1.54, 1.807) is 0 Å². The van der Waals surface area contributed by atoms with Crippen LogP contribution in [0.3, 0.4) is 0 Å². The minimum atomic E-state index is 0.196. The molecular formula is C18H29NO. The van der Waals surface area contributed by atoms with Gasteiger partial charge in [0.15, 0.2) is 0 Å². The van der Waals surface area contributed by atoms with Crippen LogP contribution in [0.25, 0.3) is 0 Å². The summed E-state index contributed by atoms with van der Waals surface area (Å²) in [5.74, 6) is 0.928. The highest BCUT2D eigenvalue weighted by Gasteiger charge is 2.18. The lowest BCUT2D eigenvalue weighted by atomic mass is 9.83. The largest absolute Gasteiger partial charge is 0.372 e. The Hall–Kier alpha value is -0.860. The minimum absolute atomic E-state index is 0.196. The standard InChI is InChI=1S/C18H29NO/c1-3-11-19-14-18(17-9-4-6-15(2)13-17)20-12-10-16-7-5-8-16/h4,6,9,13,16,18-19H,3,5,7-8,10-12,14H2,1-2H3. The first-order chi connectivity index (χ1) is 9.79. The number of hydrogen-bond acceptors (Lipinski definition) is 2. The van der Waals surface area contributed by atoms with E-state index in [1.165, 1.54) is 43.2 Å². The molecule has 2 nitrogen and oxygen atoms in total. The summed E-state index contributed by atoms with van der Waals surface area (Å²) in [6.45, 7) is 7.23. The molecule has 0 spiro atoms. The lowest BCUT2D eigenvalue weighted by Gasteiger charge is -2.26. The van der Waals surface area contributed by atoms with Crippen LogP contribution in [0.5, 0.6) is 0 Å². The average molecular weight is 275 g/mol. The van der Waals surface area contributed by atoms with Crippen molar-refractivity contribution in [3.05, 3.63) is 35.4 Å². The highest BCUT2D eigenvalue weighted by atomic mass is 16.5. The molecule has 0 saturated heterocycles. The van der Waals surface area contributed by atoms with Crippen molar-refractivity contribution in [2.75, 3.05) is 19.7 Å². The Kier molecular flexibility index (Phi) is 6.55. The molecule has 1 unspecified atom stereocenters. The van der Waals surface area contributed by atoms with Gasteiger partial charge in [-0.2, -0.15) is 0 Å². The van der Waals surface area contributed by atoms with Crippen molar-refractivity contribution in [3.8, 4) is 0 Å². The third kappa shape index (κ3) is 4.92. The highest BCUT2D eigenvalue weighted by Crippen LogP contribution is 2.30. The van der Waals surface area contributed by atoms with Crippen LogP contribution in [0.2, 0.25) is 0 Å². The monoisotopic (exact) mass is 275 g/mol. The molecule has 1 N–H and O–H groups in total. The van der Waals surface area contributed by atoms with Gasteiger partial charge in [0.1, 0.15) is 0 Å². The summed E-state index contributed by atoms with van der Waals surface area (Å²) in [7, 11) is 0. The minimum Gasteiger partial charge on any atom is -0.372 e. The van der Waals surface area contributed by atoms with E-state index in [4.69, 9.17) is 4.74 Å². The maximum Gasteiger partial charge on any atom is 0.0949 e. The molecule has 1 atom stereocenters. The molecule has 20 heavy (non-hydrogen) atoms. The van der Waals surface area contributed by atoms with Crippen molar-refractivity contribution < 1.29 is 4.74 Å². The fourth-order valence-electron chi connectivity index (χ4n) is 2.71. The molecule has 1 fully saturated rings. The number of nitrogens with one attached hydrogen (secondary N) is 1. The van der Waals surface area contributed by atoms with Gasteiger partial charge < -0.3 is 10.1 Å². The maximum absolute atomic E-state index is 6.17. The zero-order valence-electron chi connectivity index (χ0n) is 13.0. The summed E-state index contributed by atoms with van der Waals surface area (Å²) < 4.78 is 6.17. The first kappa shape index (κ1) is 15.5. The van der Waals surface area contributed by atoms with E-state index >= 15 is 0 Å². The highest BCUT2D eigenvalue weighted by molar-refractivity contribution is 5.24. The SMILES string of the molecule is CCCNCC(OCCC1CCC1)c1cccc(C)c1. The molecule has 1 aromatic carbocycles. The van der Waals surface area contributed by atoms with Gasteiger partial charge in [-0.15, -0.1) is 0 Å². The fraction of sp³-hybridized carbons (Fsp3) is 0.667. The van der Waals surface area contributed by atoms with Crippen LogP contribution in [0.15, 0.2) is 24.3 Å². The van der Waals surface area contributed by atoms with Crippen LogP contribution in [0.1, 0.15) is 56.3 Å². The van der Waals surface area contributed by atoms with Crippen LogP contribution >= 0.6 is 0 Å². The molecule has 0 radical (unpaired) electrons. The Morgan fingerprint density at radius 3 is 2.85 bits per heavy atom. The van der Waals surface area contributed by atoms with E-state index in [0.717, 1.165) is 25.6 Å². The molecule has 0 aliphatic heterocycles. The van der Waals surface area contributed by atoms with Crippen LogP contribution in [0.4, 0.5) is 0 Å². The zero-order valence-corrected chi connectivity index (χ0v) is 13.0. The summed E-state index contributed by atoms with van der Waals surface area (Å²) in [6.07, 6.45) is 6.84. The second kappa shape index (κ2) is 8.43. The van der Waals surface area contributed by atoms with Crippen molar-refractivity contribution in [1.82, 2.24) is 5.32 Å². The van der Waals surface area contributed by atoms with E-state index < -0.39 is 0 Å². The van der Waals surface area contributed by atoms with Gasteiger partial charge in [0.2, 0.25) is 0 Å². The van der Waals surface area contributed by atoms with Crippen LogP contribution in [-0.2, 0) is 4.74 Å². The van der Waals surface area contributed by atoms with E-state index in [9.17, 15) is 0 Å². The molecule has 1 aromatic rings. The summed E-state index contributed by atoms with van der Waals surface area (Å²) in [5.41, 5.74) is 2.62. The van der Waals surface area contributed by atoms with Crippen molar-refractivity contribution in [2.45, 2.75) is 52.1 Å². The quantitative estimate of drug-likeness (QED) is 0.681. The predicted octanol–water partition coefficient (Wildman–Crippen LogP) is 4.24. The third-order valence-corrected chi connectivity index (χ3v) is 4.24. The molecule has 0 aromatic heterocycles. The Morgan fingerprint density at radius 2 is 2.20 bits per heavy atom. The van der Waals surface area contributed by atoms with Gasteiger partial charge in [-0.3, -0.25) is 0 Å². The maximum atomic E-state index is 6.17. The summed E-state index contributed by atoms with van der Waals surface area (Å²) in [4.78, 5) is 0. The summed E-state index contributed by atoms with van der Waals surface area (Å²) in [6, 6.07) is 8.72. The van der Waals surface area contributed by atoms with Gasteiger partial charge in [0.05, 0.1) is 6.10 Å². The number of rotatable bonds is 9. The Morgan fingerprint density at radius 1 is 1.35 bits per heavy atom. The van der Waals surface area contributed by atoms with Gasteiger partial charge in [-0.05, 0) is 37.8 Å². The van der Waals surface area contributed by atoms with Gasteiger partial charge in [-0.1, -0.05) is 56.0 Å². The van der Waals surface area contributed by atoms with Crippen LogP contribution in [0, 0.1) is 12.8 Å². The lowest BCUT2D eigenvalue weighted by Crippen LogP contribution is -2.25. The molecule has 0 bridgehead atoms. The molecule has 1 saturated carbocycles. The molecule has 0 amide bonds. The molecule has 1 aliphatic rings. The zero-order chi connectivity index (χ0) is 14.2. The first-order valence-corrected chi connectivity index (χ1v) is 8.18. The van der Waals surface area contributed by atoms with E-state index in [0.29, 0.717) is 0 Å². The van der Waals surface area contributed by atoms with E-state index in [2.05, 4.69) is 43.4 Å². The van der Waals surface area contributed by atoms with E-state index in [-0.39, 0.29) is 6.10 Å². The van der Waals surface area contributed by atoms with Crippen molar-refractivity contribution >= 4 is 0 Å². The first-order valence-electron chi connectivity index (χ1n) is 8.18. The van der Waals surface area contributed by atoms with Crippen molar-refractivity contribution in [1.29, 1.82) is 0 Å². The van der Waals surface area contributed by atoms with Crippen molar-refractivity contribution in [2.24, 2.45) is 5.92 Å². The van der Waals surface area contributed by atoms with Gasteiger partial charge in [0, 0.05) is 13.2 Å². The second-order valence-corrected chi connectivity index (χ2v) is 6.06. The van der Waals surface area contributed by atoms with Gasteiger partial charge in [0.25, 0.3) is 0 Å². The third-order valence-electron chi connectivity index (χ3n) is 4.24. The smallest absolute Gasteiger partial charge is 0.0949 e. The number of aryl methyl sites for hydroxylation is 1. The van der Waals surface area contributed by atoms with Crippen LogP contribution in [-0.4, -0.2) is 19.7 Å². The molecule has 0 heterocycles. The number of hydrogen-bond donors (Lipinski definition) is 1. The number of ether oxygens (including phenoxy) is 1. The molecule has 1 aliphatic carbocycles. The molecular weight excluding hydrogens is 246 g/mol. The Labute approximate surface area is 123 Å². The number of benzene rings is 1. The van der Waals surface area contributed by atoms with Gasteiger partial charge >= 0.3 is 0 Å². The van der Waals surface area contributed by atoms with Gasteiger partial charge in [-0.25, -0.2) is 0 Å². The topological polar surface area (TPSA) is 21.3 Å². The fourth-order valence-corrected chi connectivity index (χ4v) is 2.71. The molecule has 2 rings (SSSR count). The average Bonchev–Trinajstić information content (AvgIpc) is 2.39. The Bertz CT molecular complexity index is 387. The van der Waals surface area contributed by atoms with Crippen LogP contribution < -0.4 is 5.32 Å².